The van der Waals surface area contributed by atoms with E-state index in [2.05, 4.69) is 0 Å². The van der Waals surface area contributed by atoms with Crippen LogP contribution in [0.15, 0.2) is 0 Å². The Balaban J connectivity index is 0. The summed E-state index contributed by atoms with van der Waals surface area (Å²) in [5.74, 6) is 0. The van der Waals surface area contributed by atoms with Crippen LogP contribution >= 0.6 is 0 Å². The van der Waals surface area contributed by atoms with E-state index in [0.717, 1.165) is 0 Å². The van der Waals surface area contributed by atoms with Gasteiger partial charge in [-0.2, -0.15) is 5.26 Å². The average Bonchev–Trinajstić information content (AvgIpc) is 1.91. The Morgan fingerprint density at radius 1 is 1.44 bits per heavy atom. The molecule has 0 aliphatic rings. The van der Waals surface area contributed by atoms with Crippen molar-refractivity contribution < 1.29 is 10.2 Å². The van der Waals surface area contributed by atoms with Gasteiger partial charge in [-0.15, -0.1) is 0 Å². The first kappa shape index (κ1) is 10.6. The Kier molecular flexibility index (Phi) is 18.8. The first-order chi connectivity index (χ1) is 4.33. The Hall–Kier alpha value is -1.30. The molecule has 50 valence electrons. The van der Waals surface area contributed by atoms with Crippen LogP contribution in [0.4, 0.5) is 0 Å². The molecular formula is C4H6N2O3. The molecule has 0 unspecified atom stereocenters. The maximum absolute atomic E-state index is 8.82. The van der Waals surface area contributed by atoms with Crippen LogP contribution in [0.25, 0.3) is 5.01 Å². The summed E-state index contributed by atoms with van der Waals surface area (Å²) >= 11 is 0. The molecule has 0 aromatic carbocycles. The average molecular weight is 130 g/mol. The van der Waals surface area contributed by atoms with Crippen molar-refractivity contribution in [3.63, 3.8) is 0 Å². The zero-order valence-corrected chi connectivity index (χ0v) is 4.61. The molecule has 0 heterocycles. The second-order valence-corrected chi connectivity index (χ2v) is 0.762. The van der Waals surface area contributed by atoms with Crippen molar-refractivity contribution in [3.8, 4) is 12.1 Å². The number of hydrogen-bond donors (Lipinski definition) is 2. The summed E-state index contributed by atoms with van der Waals surface area (Å²) in [5, 5.41) is 33.5. The summed E-state index contributed by atoms with van der Waals surface area (Å²) in [6.07, 6.45) is 0. The predicted octanol–water partition coefficient (Wildman–Crippen LogP) is -0.688. The highest BCUT2D eigenvalue weighted by Gasteiger charge is 1.59. The van der Waals surface area contributed by atoms with Gasteiger partial charge in [0.25, 0.3) is 0 Å². The van der Waals surface area contributed by atoms with Crippen LogP contribution in [0.3, 0.4) is 0 Å². The van der Waals surface area contributed by atoms with E-state index < -0.39 is 0 Å². The third-order valence-corrected chi connectivity index (χ3v) is 0.196. The number of nitriles is 1. The van der Waals surface area contributed by atoms with E-state index in [1.807, 2.05) is 5.01 Å². The molecule has 0 aliphatic carbocycles. The van der Waals surface area contributed by atoms with Crippen molar-refractivity contribution in [1.29, 1.82) is 5.26 Å². The summed E-state index contributed by atoms with van der Waals surface area (Å²) in [7, 11) is 0. The van der Waals surface area contributed by atoms with Gasteiger partial charge in [0, 0.05) is 5.01 Å². The van der Waals surface area contributed by atoms with Crippen LogP contribution in [0, 0.1) is 22.6 Å². The molecule has 2 N–H and O–H groups in total. The molecule has 0 spiro atoms. The maximum Gasteiger partial charge on any atom is 0.419 e. The Morgan fingerprint density at radius 3 is 1.89 bits per heavy atom. The topological polar surface area (TPSA) is 91.7 Å². The molecule has 0 saturated carbocycles. The van der Waals surface area contributed by atoms with Crippen LogP contribution in [-0.4, -0.2) is 23.4 Å². The highest BCUT2D eigenvalue weighted by molar-refractivity contribution is 5.09. The van der Waals surface area contributed by atoms with E-state index in [-0.39, 0.29) is 13.2 Å². The molecule has 5 heteroatoms. The fourth-order valence-corrected chi connectivity index (χ4v) is 0.0204. The minimum atomic E-state index is -0.125. The van der Waals surface area contributed by atoms with Gasteiger partial charge < -0.3 is 15.4 Å². The van der Waals surface area contributed by atoms with E-state index in [4.69, 9.17) is 20.7 Å². The molecule has 0 saturated heterocycles. The van der Waals surface area contributed by atoms with Crippen LogP contribution < -0.4 is 0 Å². The van der Waals surface area contributed by atoms with Gasteiger partial charge in [-0.25, -0.2) is 0 Å². The van der Waals surface area contributed by atoms with Crippen molar-refractivity contribution in [2.24, 2.45) is 0 Å². The van der Waals surface area contributed by atoms with E-state index in [1.165, 1.54) is 12.1 Å². The Bertz CT molecular complexity index is 127. The molecule has 5 nitrogen and oxygen atoms in total. The SMILES string of the molecule is N#CC#[N+][O-].OCCO. The van der Waals surface area contributed by atoms with Crippen LogP contribution in [0.5, 0.6) is 0 Å². The van der Waals surface area contributed by atoms with Gasteiger partial charge in [0.2, 0.25) is 6.07 Å². The highest BCUT2D eigenvalue weighted by atomic mass is 16.4. The lowest BCUT2D eigenvalue weighted by Gasteiger charge is -1.70. The normalized spacial score (nSPS) is 5.00. The summed E-state index contributed by atoms with van der Waals surface area (Å²) in [4.78, 5) is 0. The quantitative estimate of drug-likeness (QED) is 0.459. The molecule has 0 amide bonds. The summed E-state index contributed by atoms with van der Waals surface area (Å²) in [6.45, 7) is -0.250. The third kappa shape index (κ3) is 51.2. The van der Waals surface area contributed by atoms with E-state index in [0.29, 0.717) is 0 Å². The minimum absolute atomic E-state index is 0.125. The van der Waals surface area contributed by atoms with Gasteiger partial charge in [0.15, 0.2) is 0 Å². The largest absolute Gasteiger partial charge is 0.497 e. The molecule has 0 radical (unpaired) electrons. The fourth-order valence-electron chi connectivity index (χ4n) is 0.0204. The van der Waals surface area contributed by atoms with Gasteiger partial charge in [-0.3, -0.25) is 0 Å². The number of hydrogen-bond acceptors (Lipinski definition) is 4. The fraction of sp³-hybridized carbons (Fsp3) is 0.500. The molecule has 9 heavy (non-hydrogen) atoms. The Morgan fingerprint density at radius 2 is 1.89 bits per heavy atom. The van der Waals surface area contributed by atoms with Crippen molar-refractivity contribution in [2.75, 3.05) is 13.2 Å². The molecule has 0 fully saturated rings. The van der Waals surface area contributed by atoms with E-state index in [9.17, 15) is 0 Å². The zero-order chi connectivity index (χ0) is 7.54. The first-order valence-corrected chi connectivity index (χ1v) is 2.01. The monoisotopic (exact) mass is 130 g/mol. The smallest absolute Gasteiger partial charge is 0.419 e. The van der Waals surface area contributed by atoms with Crippen LogP contribution in [0.1, 0.15) is 0 Å². The second-order valence-electron chi connectivity index (χ2n) is 0.762. The molecular weight excluding hydrogens is 124 g/mol. The van der Waals surface area contributed by atoms with Gasteiger partial charge >= 0.3 is 6.07 Å². The predicted molar refractivity (Wildman–Crippen MR) is 30.4 cm³/mol. The molecule has 0 bridgehead atoms. The number of nitrogens with zero attached hydrogens (tertiary/aromatic N) is 2. The maximum atomic E-state index is 8.82. The minimum Gasteiger partial charge on any atom is -0.497 e. The second kappa shape index (κ2) is 15.9. The Labute approximate surface area is 52.2 Å². The van der Waals surface area contributed by atoms with Crippen molar-refractivity contribution in [3.05, 3.63) is 10.2 Å². The van der Waals surface area contributed by atoms with E-state index >= 15 is 0 Å². The first-order valence-electron chi connectivity index (χ1n) is 2.01. The molecule has 0 aromatic rings. The van der Waals surface area contributed by atoms with Gasteiger partial charge in [0.05, 0.1) is 13.2 Å². The highest BCUT2D eigenvalue weighted by Crippen LogP contribution is 1.48. The lowest BCUT2D eigenvalue weighted by atomic mass is 10.8. The van der Waals surface area contributed by atoms with Gasteiger partial charge in [0.1, 0.15) is 0 Å². The van der Waals surface area contributed by atoms with Crippen LogP contribution in [0.2, 0.25) is 0 Å². The molecule has 0 atom stereocenters. The molecule has 0 aliphatic heterocycles. The zero-order valence-electron chi connectivity index (χ0n) is 4.61. The van der Waals surface area contributed by atoms with Crippen molar-refractivity contribution >= 4 is 0 Å². The van der Waals surface area contributed by atoms with Crippen molar-refractivity contribution in [2.45, 2.75) is 0 Å². The van der Waals surface area contributed by atoms with Gasteiger partial charge in [-0.05, 0) is 0 Å². The number of aliphatic hydroxyl groups excluding tert-OH is 2. The summed E-state index contributed by atoms with van der Waals surface area (Å²) in [5.41, 5.74) is 0. The lowest BCUT2D eigenvalue weighted by Crippen LogP contribution is -1.85. The third-order valence-electron chi connectivity index (χ3n) is 0.196. The molecule has 0 aromatic heterocycles. The lowest BCUT2D eigenvalue weighted by molar-refractivity contribution is 0.186. The number of rotatable bonds is 1. The summed E-state index contributed by atoms with van der Waals surface area (Å²) < 4.78 is 0. The molecule has 0 rings (SSSR count). The van der Waals surface area contributed by atoms with Crippen LogP contribution in [-0.2, 0) is 0 Å². The van der Waals surface area contributed by atoms with E-state index in [1.54, 1.807) is 0 Å². The summed E-state index contributed by atoms with van der Waals surface area (Å²) in [6, 6.07) is 2.77. The van der Waals surface area contributed by atoms with Gasteiger partial charge in [-0.1, -0.05) is 0 Å². The number of aliphatic hydroxyl groups is 2. The standard InChI is InChI=1S/C2N2O.C2H6O2/c3-1-2-4-5;3-1-2-4/h;3-4H,1-2H2. The van der Waals surface area contributed by atoms with Crippen molar-refractivity contribution in [1.82, 2.24) is 0 Å².